The number of para-hydroxylation sites is 2. The number of hydrogen-bond donors (Lipinski definition) is 0. The van der Waals surface area contributed by atoms with Crippen molar-refractivity contribution in [2.75, 3.05) is 0 Å². The van der Waals surface area contributed by atoms with E-state index in [1.165, 1.54) is 0 Å². The molecule has 0 atom stereocenters. The molecule has 0 amide bonds. The quantitative estimate of drug-likeness (QED) is 0.706. The molecule has 2 nitrogen and oxygen atoms in total. The van der Waals surface area contributed by atoms with Crippen LogP contribution >= 0.6 is 0 Å². The highest BCUT2D eigenvalue weighted by molar-refractivity contribution is 5.73. The fourth-order valence-corrected chi connectivity index (χ4v) is 1.22. The minimum absolute atomic E-state index is 0.379. The van der Waals surface area contributed by atoms with E-state index in [0.29, 0.717) is 17.1 Å². The van der Waals surface area contributed by atoms with Crippen LogP contribution in [0.5, 0.6) is 0 Å². The van der Waals surface area contributed by atoms with Gasteiger partial charge in [0.05, 0.1) is 17.2 Å². The maximum absolute atomic E-state index is 13.2. The normalized spacial score (nSPS) is 11.6. The van der Waals surface area contributed by atoms with Crippen molar-refractivity contribution in [3.05, 3.63) is 48.8 Å². The molecule has 0 spiro atoms. The molecule has 2 aromatic rings. The predicted octanol–water partition coefficient (Wildman–Crippen LogP) is 2.91. The topological polar surface area (TPSA) is 25.8 Å². The number of nitrogens with zero attached hydrogens (tertiary/aromatic N) is 2. The second-order valence-electron chi connectivity index (χ2n) is 3.07. The van der Waals surface area contributed by atoms with Crippen molar-refractivity contribution in [1.29, 1.82) is 0 Å². The van der Waals surface area contributed by atoms with E-state index in [4.69, 9.17) is 0 Å². The summed E-state index contributed by atoms with van der Waals surface area (Å²) in [7, 11) is 0. The zero-order chi connectivity index (χ0) is 10.9. The third-order valence-corrected chi connectivity index (χ3v) is 2.05. The van der Waals surface area contributed by atoms with Crippen LogP contribution in [0.1, 0.15) is 5.69 Å². The Morgan fingerprint density at radius 1 is 1.20 bits per heavy atom. The summed E-state index contributed by atoms with van der Waals surface area (Å²) in [6.45, 7) is 3.07. The number of fused-ring (bicyclic) bond motifs is 1. The monoisotopic (exact) mass is 206 g/mol. The van der Waals surface area contributed by atoms with E-state index in [0.717, 1.165) is 6.20 Å². The molecule has 0 aliphatic heterocycles. The van der Waals surface area contributed by atoms with Gasteiger partial charge in [0, 0.05) is 0 Å². The molecule has 15 heavy (non-hydrogen) atoms. The maximum Gasteiger partial charge on any atom is 0.309 e. The zero-order valence-corrected chi connectivity index (χ0v) is 7.82. The Balaban J connectivity index is 2.61. The summed E-state index contributed by atoms with van der Waals surface area (Å²) >= 11 is 0. The first-order valence-electron chi connectivity index (χ1n) is 4.37. The van der Waals surface area contributed by atoms with Gasteiger partial charge in [-0.1, -0.05) is 18.7 Å². The maximum atomic E-state index is 13.2. The Labute approximate surface area is 85.3 Å². The van der Waals surface area contributed by atoms with Gasteiger partial charge in [0.15, 0.2) is 0 Å². The summed E-state index contributed by atoms with van der Waals surface area (Å²) in [5, 5.41) is 0. The number of halogens is 2. The van der Waals surface area contributed by atoms with E-state index >= 15 is 0 Å². The Morgan fingerprint density at radius 2 is 1.87 bits per heavy atom. The minimum Gasteiger partial charge on any atom is -0.252 e. The van der Waals surface area contributed by atoms with E-state index in [1.807, 2.05) is 0 Å². The van der Waals surface area contributed by atoms with Crippen LogP contribution in [0.3, 0.4) is 0 Å². The van der Waals surface area contributed by atoms with Crippen molar-refractivity contribution < 1.29 is 8.78 Å². The number of aromatic nitrogens is 2. The average molecular weight is 206 g/mol. The highest BCUT2D eigenvalue weighted by Crippen LogP contribution is 2.27. The summed E-state index contributed by atoms with van der Waals surface area (Å²) in [5.74, 6) is -3.13. The van der Waals surface area contributed by atoms with Gasteiger partial charge >= 0.3 is 5.92 Å². The van der Waals surface area contributed by atoms with E-state index in [9.17, 15) is 8.78 Å². The fourth-order valence-electron chi connectivity index (χ4n) is 1.22. The molecule has 0 N–H and O–H groups in total. The van der Waals surface area contributed by atoms with Crippen LogP contribution in [0.4, 0.5) is 8.78 Å². The first-order chi connectivity index (χ1) is 7.13. The van der Waals surface area contributed by atoms with Crippen LogP contribution in [-0.2, 0) is 5.92 Å². The number of rotatable bonds is 2. The molecule has 4 heteroatoms. The highest BCUT2D eigenvalue weighted by Gasteiger charge is 2.29. The van der Waals surface area contributed by atoms with Crippen LogP contribution < -0.4 is 0 Å². The average Bonchev–Trinajstić information content (AvgIpc) is 2.28. The van der Waals surface area contributed by atoms with Crippen molar-refractivity contribution >= 4 is 11.0 Å². The molecular formula is C11H8F2N2. The van der Waals surface area contributed by atoms with E-state index in [-0.39, 0.29) is 5.69 Å². The van der Waals surface area contributed by atoms with Crippen molar-refractivity contribution in [1.82, 2.24) is 9.97 Å². The lowest BCUT2D eigenvalue weighted by atomic mass is 10.2. The molecule has 0 radical (unpaired) electrons. The predicted molar refractivity (Wildman–Crippen MR) is 53.6 cm³/mol. The van der Waals surface area contributed by atoms with Crippen LogP contribution in [0.2, 0.25) is 0 Å². The van der Waals surface area contributed by atoms with Crippen LogP contribution in [-0.4, -0.2) is 9.97 Å². The first-order valence-corrected chi connectivity index (χ1v) is 4.37. The first kappa shape index (κ1) is 9.71. The van der Waals surface area contributed by atoms with E-state index in [1.54, 1.807) is 24.3 Å². The van der Waals surface area contributed by atoms with Crippen LogP contribution in [0, 0.1) is 0 Å². The Kier molecular flexibility index (Phi) is 2.19. The summed E-state index contributed by atoms with van der Waals surface area (Å²) in [6.07, 6.45) is 1.63. The van der Waals surface area contributed by atoms with Crippen molar-refractivity contribution in [3.8, 4) is 0 Å². The Hall–Kier alpha value is -1.84. The molecule has 1 aromatic heterocycles. The van der Waals surface area contributed by atoms with Gasteiger partial charge in [0.25, 0.3) is 0 Å². The van der Waals surface area contributed by atoms with Crippen molar-refractivity contribution in [2.45, 2.75) is 5.92 Å². The molecule has 0 fully saturated rings. The zero-order valence-electron chi connectivity index (χ0n) is 7.82. The van der Waals surface area contributed by atoms with Crippen LogP contribution in [0.15, 0.2) is 43.1 Å². The number of benzene rings is 1. The summed E-state index contributed by atoms with van der Waals surface area (Å²) < 4.78 is 26.4. The SMILES string of the molecule is C=CC(F)(F)c1cnc2ccccc2n1. The lowest BCUT2D eigenvalue weighted by Gasteiger charge is -2.10. The molecule has 0 saturated heterocycles. The van der Waals surface area contributed by atoms with Crippen molar-refractivity contribution in [2.24, 2.45) is 0 Å². The summed E-state index contributed by atoms with van der Waals surface area (Å²) in [5.41, 5.74) is 0.675. The molecular weight excluding hydrogens is 198 g/mol. The number of hydrogen-bond acceptors (Lipinski definition) is 2. The molecule has 2 rings (SSSR count). The van der Waals surface area contributed by atoms with Gasteiger partial charge in [0.2, 0.25) is 0 Å². The summed E-state index contributed by atoms with van der Waals surface area (Å²) in [6, 6.07) is 6.87. The second-order valence-corrected chi connectivity index (χ2v) is 3.07. The molecule has 0 aliphatic carbocycles. The molecule has 1 heterocycles. The molecule has 0 bridgehead atoms. The standard InChI is InChI=1S/C11H8F2N2/c1-2-11(12,13)10-7-14-8-5-3-4-6-9(8)15-10/h2-7H,1H2. The second kappa shape index (κ2) is 3.38. The Morgan fingerprint density at radius 3 is 2.53 bits per heavy atom. The highest BCUT2D eigenvalue weighted by atomic mass is 19.3. The third-order valence-electron chi connectivity index (χ3n) is 2.05. The van der Waals surface area contributed by atoms with Crippen LogP contribution in [0.25, 0.3) is 11.0 Å². The van der Waals surface area contributed by atoms with Gasteiger partial charge in [-0.3, -0.25) is 4.98 Å². The third kappa shape index (κ3) is 1.70. The number of alkyl halides is 2. The molecule has 0 saturated carbocycles. The smallest absolute Gasteiger partial charge is 0.252 e. The molecule has 0 aliphatic rings. The minimum atomic E-state index is -3.13. The molecule has 1 aromatic carbocycles. The molecule has 0 unspecified atom stereocenters. The van der Waals surface area contributed by atoms with Crippen molar-refractivity contribution in [3.63, 3.8) is 0 Å². The van der Waals surface area contributed by atoms with Gasteiger partial charge in [0.1, 0.15) is 5.69 Å². The van der Waals surface area contributed by atoms with Gasteiger partial charge in [-0.05, 0) is 18.2 Å². The van der Waals surface area contributed by atoms with Gasteiger partial charge in [-0.2, -0.15) is 8.78 Å². The van der Waals surface area contributed by atoms with Gasteiger partial charge in [-0.25, -0.2) is 4.98 Å². The Bertz CT molecular complexity index is 509. The number of allylic oxidation sites excluding steroid dienone is 1. The van der Waals surface area contributed by atoms with E-state index < -0.39 is 5.92 Å². The van der Waals surface area contributed by atoms with Gasteiger partial charge < -0.3 is 0 Å². The largest absolute Gasteiger partial charge is 0.309 e. The van der Waals surface area contributed by atoms with Gasteiger partial charge in [-0.15, -0.1) is 0 Å². The lowest BCUT2D eigenvalue weighted by molar-refractivity contribution is 0.0476. The van der Waals surface area contributed by atoms with E-state index in [2.05, 4.69) is 16.5 Å². The summed E-state index contributed by atoms with van der Waals surface area (Å²) in [4.78, 5) is 7.74. The lowest BCUT2D eigenvalue weighted by Crippen LogP contribution is -2.11. The molecule has 76 valence electrons. The fraction of sp³-hybridized carbons (Fsp3) is 0.0909.